The molecule has 0 saturated heterocycles. The second-order valence-corrected chi connectivity index (χ2v) is 6.12. The van der Waals surface area contributed by atoms with Crippen LogP contribution >= 0.6 is 0 Å². The van der Waals surface area contributed by atoms with Crippen LogP contribution in [0.1, 0.15) is 32.6 Å². The largest absolute Gasteiger partial charge is 0.550 e. The van der Waals surface area contributed by atoms with Crippen LogP contribution in [-0.4, -0.2) is 50.2 Å². The minimum Gasteiger partial charge on any atom is -0.550 e. The summed E-state index contributed by atoms with van der Waals surface area (Å²) in [5, 5.41) is 10.8. The summed E-state index contributed by atoms with van der Waals surface area (Å²) in [6.45, 7) is 6.07. The number of aliphatic carboxylic acids is 1. The lowest BCUT2D eigenvalue weighted by molar-refractivity contribution is -0.873. The number of carbonyl (C=O) groups is 2. The number of hydrogen-bond donors (Lipinski definition) is 0. The van der Waals surface area contributed by atoms with E-state index in [0.29, 0.717) is 23.9 Å². The summed E-state index contributed by atoms with van der Waals surface area (Å²) < 4.78 is 5.90. The van der Waals surface area contributed by atoms with Crippen LogP contribution in [0, 0.1) is 5.92 Å². The van der Waals surface area contributed by atoms with E-state index in [1.807, 2.05) is 28.1 Å². The molecule has 0 bridgehead atoms. The summed E-state index contributed by atoms with van der Waals surface area (Å²) in [7, 11) is 5.76. The molecule has 0 aliphatic heterocycles. The summed E-state index contributed by atoms with van der Waals surface area (Å²) >= 11 is 0. The summed E-state index contributed by atoms with van der Waals surface area (Å²) in [5.74, 6) is -1.78. The van der Waals surface area contributed by atoms with E-state index in [9.17, 15) is 14.7 Å². The predicted molar refractivity (Wildman–Crippen MR) is 75.6 cm³/mol. The normalized spacial score (nSPS) is 14.4. The van der Waals surface area contributed by atoms with Crippen molar-refractivity contribution in [2.24, 2.45) is 5.92 Å². The molecule has 0 spiro atoms. The number of ether oxygens (including phenoxy) is 1. The molecular weight excluding hydrogens is 258 g/mol. The molecule has 20 heavy (non-hydrogen) atoms. The highest BCUT2D eigenvalue weighted by Crippen LogP contribution is 2.16. The van der Waals surface area contributed by atoms with Gasteiger partial charge in [-0.3, -0.25) is 4.79 Å². The van der Waals surface area contributed by atoms with Gasteiger partial charge in [-0.15, -0.1) is 6.58 Å². The van der Waals surface area contributed by atoms with Crippen molar-refractivity contribution in [3.8, 4) is 0 Å². The second kappa shape index (κ2) is 8.74. The molecule has 0 radical (unpaired) electrons. The van der Waals surface area contributed by atoms with Gasteiger partial charge in [0.2, 0.25) is 0 Å². The van der Waals surface area contributed by atoms with Crippen molar-refractivity contribution in [1.29, 1.82) is 0 Å². The number of carbonyl (C=O) groups excluding carboxylic acids is 2. The first-order valence-corrected chi connectivity index (χ1v) is 7.01. The van der Waals surface area contributed by atoms with Gasteiger partial charge in [0.15, 0.2) is 6.10 Å². The van der Waals surface area contributed by atoms with Crippen molar-refractivity contribution in [1.82, 2.24) is 0 Å². The van der Waals surface area contributed by atoms with Crippen molar-refractivity contribution >= 4 is 11.9 Å². The van der Waals surface area contributed by atoms with Crippen molar-refractivity contribution in [3.63, 3.8) is 0 Å². The first kappa shape index (κ1) is 18.6. The summed E-state index contributed by atoms with van der Waals surface area (Å²) in [6.07, 6.45) is 2.90. The highest BCUT2D eigenvalue weighted by molar-refractivity contribution is 5.73. The van der Waals surface area contributed by atoms with Gasteiger partial charge in [-0.1, -0.05) is 19.4 Å². The van der Waals surface area contributed by atoms with Crippen molar-refractivity contribution in [2.75, 3.05) is 27.7 Å². The number of carboxylic acid groups (broad SMARTS) is 1. The van der Waals surface area contributed by atoms with Crippen LogP contribution < -0.4 is 5.11 Å². The van der Waals surface area contributed by atoms with Gasteiger partial charge in [-0.2, -0.15) is 0 Å². The fourth-order valence-corrected chi connectivity index (χ4v) is 2.08. The molecule has 0 heterocycles. The Hall–Kier alpha value is -1.36. The molecule has 5 heteroatoms. The lowest BCUT2D eigenvalue weighted by atomic mass is 10.00. The molecule has 0 rings (SSSR count). The number of rotatable bonds is 10. The van der Waals surface area contributed by atoms with Crippen LogP contribution in [0.4, 0.5) is 0 Å². The van der Waals surface area contributed by atoms with Gasteiger partial charge >= 0.3 is 5.97 Å². The van der Waals surface area contributed by atoms with Crippen LogP contribution in [-0.2, 0) is 14.3 Å². The molecule has 0 saturated carbocycles. The number of allylic oxidation sites excluding steroid dienone is 1. The Labute approximate surface area is 121 Å². The van der Waals surface area contributed by atoms with Crippen molar-refractivity contribution in [3.05, 3.63) is 12.7 Å². The number of likely N-dealkylation sites (N-methyl/N-ethyl adjacent to an activating group) is 1. The fourth-order valence-electron chi connectivity index (χ4n) is 2.08. The second-order valence-electron chi connectivity index (χ2n) is 6.12. The molecule has 116 valence electrons. The summed E-state index contributed by atoms with van der Waals surface area (Å²) in [4.78, 5) is 22.9. The molecule has 2 unspecified atom stereocenters. The smallest absolute Gasteiger partial charge is 0.309 e. The van der Waals surface area contributed by atoms with Gasteiger partial charge in [-0.05, 0) is 12.8 Å². The molecule has 0 N–H and O–H groups in total. The minimum atomic E-state index is -1.20. The maximum atomic E-state index is 12.1. The van der Waals surface area contributed by atoms with Crippen molar-refractivity contribution in [2.45, 2.75) is 38.7 Å². The minimum absolute atomic E-state index is 0.241. The first-order chi connectivity index (χ1) is 9.19. The highest BCUT2D eigenvalue weighted by atomic mass is 16.5. The SMILES string of the molecule is C=CCC(CCC)C(=O)OC(CC(=O)[O-])C[N+](C)(C)C. The molecule has 0 aromatic heterocycles. The number of carboxylic acids is 1. The molecule has 0 amide bonds. The Bertz CT molecular complexity index is 333. The topological polar surface area (TPSA) is 66.4 Å². The quantitative estimate of drug-likeness (QED) is 0.337. The molecule has 0 aromatic carbocycles. The third-order valence-corrected chi connectivity index (χ3v) is 2.85. The Morgan fingerprint density at radius 2 is 1.95 bits per heavy atom. The Morgan fingerprint density at radius 1 is 1.35 bits per heavy atom. The Morgan fingerprint density at radius 3 is 2.35 bits per heavy atom. The molecule has 0 fully saturated rings. The highest BCUT2D eigenvalue weighted by Gasteiger charge is 2.26. The van der Waals surface area contributed by atoms with E-state index in [2.05, 4.69) is 6.58 Å². The molecule has 0 aromatic rings. The lowest BCUT2D eigenvalue weighted by Gasteiger charge is -2.30. The zero-order chi connectivity index (χ0) is 15.8. The molecule has 5 nitrogen and oxygen atoms in total. The first-order valence-electron chi connectivity index (χ1n) is 7.01. The number of nitrogens with zero attached hydrogens (tertiary/aromatic N) is 1. The maximum Gasteiger partial charge on any atom is 0.309 e. The van der Waals surface area contributed by atoms with Crippen LogP contribution in [0.15, 0.2) is 12.7 Å². The van der Waals surface area contributed by atoms with Gasteiger partial charge in [0.25, 0.3) is 0 Å². The van der Waals surface area contributed by atoms with E-state index in [0.717, 1.165) is 6.42 Å². The third-order valence-electron chi connectivity index (χ3n) is 2.85. The number of esters is 1. The van der Waals surface area contributed by atoms with E-state index in [1.165, 1.54) is 0 Å². The molecule has 0 aliphatic carbocycles. The summed E-state index contributed by atoms with van der Waals surface area (Å²) in [6, 6.07) is 0. The Balaban J connectivity index is 4.71. The van der Waals surface area contributed by atoms with Gasteiger partial charge in [0.05, 0.1) is 27.1 Å². The standard InChI is InChI=1S/C15H27NO4/c1-6-8-12(9-7-2)15(19)20-13(10-14(17)18)11-16(3,4)5/h6,12-13H,1,7-11H2,2-5H3. The van der Waals surface area contributed by atoms with Crippen LogP contribution in [0.25, 0.3) is 0 Å². The van der Waals surface area contributed by atoms with Crippen LogP contribution in [0.3, 0.4) is 0 Å². The molecule has 0 aliphatic rings. The molecular formula is C15H27NO4. The number of quaternary nitrogens is 1. The van der Waals surface area contributed by atoms with E-state index in [4.69, 9.17) is 4.74 Å². The van der Waals surface area contributed by atoms with Crippen LogP contribution in [0.2, 0.25) is 0 Å². The molecule has 2 atom stereocenters. The predicted octanol–water partition coefficient (Wildman–Crippen LogP) is 0.737. The average Bonchev–Trinajstić information content (AvgIpc) is 2.25. The van der Waals surface area contributed by atoms with Crippen molar-refractivity contribution < 1.29 is 23.9 Å². The monoisotopic (exact) mass is 285 g/mol. The lowest BCUT2D eigenvalue weighted by Crippen LogP contribution is -2.45. The fraction of sp³-hybridized carbons (Fsp3) is 0.733. The maximum absolute atomic E-state index is 12.1. The van der Waals surface area contributed by atoms with E-state index < -0.39 is 12.1 Å². The zero-order valence-electron chi connectivity index (χ0n) is 13.1. The van der Waals surface area contributed by atoms with Gasteiger partial charge in [0, 0.05) is 12.4 Å². The summed E-state index contributed by atoms with van der Waals surface area (Å²) in [5.41, 5.74) is 0. The Kier molecular flexibility index (Phi) is 8.15. The van der Waals surface area contributed by atoms with Gasteiger partial charge < -0.3 is 19.1 Å². The van der Waals surface area contributed by atoms with Gasteiger partial charge in [-0.25, -0.2) is 0 Å². The van der Waals surface area contributed by atoms with E-state index in [1.54, 1.807) is 6.08 Å². The van der Waals surface area contributed by atoms with Gasteiger partial charge in [0.1, 0.15) is 6.54 Å². The zero-order valence-corrected chi connectivity index (χ0v) is 13.1. The van der Waals surface area contributed by atoms with E-state index >= 15 is 0 Å². The average molecular weight is 285 g/mol. The third kappa shape index (κ3) is 8.69. The number of hydrogen-bond acceptors (Lipinski definition) is 4. The van der Waals surface area contributed by atoms with Crippen LogP contribution in [0.5, 0.6) is 0 Å². The van der Waals surface area contributed by atoms with E-state index in [-0.39, 0.29) is 18.3 Å².